The predicted octanol–water partition coefficient (Wildman–Crippen LogP) is 2.19. The molecule has 4 rings (SSSR count). The quantitative estimate of drug-likeness (QED) is 0.196. The van der Waals surface area contributed by atoms with E-state index in [2.05, 4.69) is 15.4 Å². The molecule has 1 atom stereocenters. The normalized spacial score (nSPS) is 13.6. The molecular weight excluding hydrogens is 536 g/mol. The molecule has 6 N–H and O–H groups in total. The van der Waals surface area contributed by atoms with E-state index in [1.165, 1.54) is 18.2 Å². The van der Waals surface area contributed by atoms with E-state index in [0.29, 0.717) is 47.9 Å². The molecule has 212 valence electrons. The minimum absolute atomic E-state index is 0.0166. The Morgan fingerprint density at radius 3 is 2.48 bits per heavy atom. The summed E-state index contributed by atoms with van der Waals surface area (Å²) in [5.41, 5.74) is 7.79. The number of rotatable bonds is 13. The first kappa shape index (κ1) is 28.9. The number of aryl methyl sites for hydroxylation is 1. The molecule has 2 amide bonds. The zero-order chi connectivity index (χ0) is 28.7. The van der Waals surface area contributed by atoms with Crippen molar-refractivity contribution in [2.45, 2.75) is 30.8 Å². The van der Waals surface area contributed by atoms with Gasteiger partial charge in [0.15, 0.2) is 0 Å². The summed E-state index contributed by atoms with van der Waals surface area (Å²) in [7, 11) is -3.88. The second-order valence-corrected chi connectivity index (χ2v) is 11.0. The van der Waals surface area contributed by atoms with Crippen LogP contribution >= 0.6 is 0 Å². The fraction of sp³-hybridized carbons (Fsp3) is 0.286. The van der Waals surface area contributed by atoms with Crippen molar-refractivity contribution < 1.29 is 32.6 Å². The van der Waals surface area contributed by atoms with Crippen molar-refractivity contribution in [3.63, 3.8) is 0 Å². The minimum atomic E-state index is -3.88. The summed E-state index contributed by atoms with van der Waals surface area (Å²) in [6.45, 7) is 2.91. The van der Waals surface area contributed by atoms with Gasteiger partial charge in [0, 0.05) is 30.6 Å². The maximum Gasteiger partial charge on any atom is 0.261 e. The van der Waals surface area contributed by atoms with Crippen LogP contribution in [-0.4, -0.2) is 57.7 Å². The maximum absolute atomic E-state index is 12.9. The van der Waals surface area contributed by atoms with Gasteiger partial charge in [-0.15, -0.1) is 0 Å². The number of sulfonamides is 1. The highest BCUT2D eigenvalue weighted by atomic mass is 32.2. The first-order valence-corrected chi connectivity index (χ1v) is 14.2. The molecule has 1 heterocycles. The Hall–Kier alpha value is -4.13. The number of fused-ring (bicyclic) bond motifs is 1. The van der Waals surface area contributed by atoms with Crippen molar-refractivity contribution in [2.24, 2.45) is 5.73 Å². The summed E-state index contributed by atoms with van der Waals surface area (Å²) in [5.74, 6) is 0.316. The summed E-state index contributed by atoms with van der Waals surface area (Å²) >= 11 is 0. The number of nitrogens with one attached hydrogen (secondary N) is 3. The molecule has 3 aromatic rings. The zero-order valence-electron chi connectivity index (χ0n) is 22.0. The number of hydrogen-bond donors (Lipinski definition) is 5. The van der Waals surface area contributed by atoms with Gasteiger partial charge in [0.05, 0.1) is 16.3 Å². The Morgan fingerprint density at radius 2 is 1.77 bits per heavy atom. The average molecular weight is 569 g/mol. The standard InChI is InChI=1S/C28H32N4O7S/c1-18-2-8-22(9-3-18)40(36,37)32-24-11-12-25(23-10-13-26(34)31-27(23)24)39-17-20(33)16-30-14-15-38-21-6-4-19(5-7-21)28(29)35/h2-9,11-12,20,30,32-33H,10,13-17H2,1H3,(H2,29,35)(H,31,34). The van der Waals surface area contributed by atoms with Gasteiger partial charge in [-0.05, 0) is 61.9 Å². The summed E-state index contributed by atoms with van der Waals surface area (Å²) in [6, 6.07) is 16.1. The van der Waals surface area contributed by atoms with E-state index in [1.54, 1.807) is 42.5 Å². The molecule has 0 radical (unpaired) electrons. The zero-order valence-corrected chi connectivity index (χ0v) is 22.8. The van der Waals surface area contributed by atoms with Gasteiger partial charge in [-0.1, -0.05) is 17.7 Å². The average Bonchev–Trinajstić information content (AvgIpc) is 2.93. The topological polar surface area (TPSA) is 169 Å². The predicted molar refractivity (Wildman–Crippen MR) is 150 cm³/mol. The lowest BCUT2D eigenvalue weighted by atomic mass is 10.0. The smallest absolute Gasteiger partial charge is 0.261 e. The monoisotopic (exact) mass is 568 g/mol. The fourth-order valence-corrected chi connectivity index (χ4v) is 5.14. The number of aliphatic hydroxyl groups excluding tert-OH is 1. The van der Waals surface area contributed by atoms with E-state index >= 15 is 0 Å². The molecule has 1 aliphatic rings. The number of nitrogens with two attached hydrogens (primary N) is 1. The van der Waals surface area contributed by atoms with Crippen LogP contribution in [0.2, 0.25) is 0 Å². The Balaban J connectivity index is 1.31. The van der Waals surface area contributed by atoms with Gasteiger partial charge in [0.1, 0.15) is 30.8 Å². The highest BCUT2D eigenvalue weighted by molar-refractivity contribution is 7.92. The number of carbonyl (C=O) groups is 2. The minimum Gasteiger partial charge on any atom is -0.492 e. The van der Waals surface area contributed by atoms with Crippen LogP contribution in [-0.2, 0) is 21.2 Å². The third-order valence-electron chi connectivity index (χ3n) is 6.21. The van der Waals surface area contributed by atoms with E-state index in [-0.39, 0.29) is 36.1 Å². The van der Waals surface area contributed by atoms with Crippen LogP contribution in [0.1, 0.15) is 27.9 Å². The number of hydrogen-bond acceptors (Lipinski definition) is 8. The molecule has 0 spiro atoms. The molecular formula is C28H32N4O7S. The molecule has 40 heavy (non-hydrogen) atoms. The first-order chi connectivity index (χ1) is 19.1. The molecule has 0 aliphatic carbocycles. The van der Waals surface area contributed by atoms with E-state index in [9.17, 15) is 23.1 Å². The van der Waals surface area contributed by atoms with E-state index in [4.69, 9.17) is 15.2 Å². The van der Waals surface area contributed by atoms with E-state index in [1.807, 2.05) is 6.92 Å². The lowest BCUT2D eigenvalue weighted by molar-refractivity contribution is -0.116. The number of primary amides is 1. The van der Waals surface area contributed by atoms with Crippen molar-refractivity contribution in [2.75, 3.05) is 36.3 Å². The van der Waals surface area contributed by atoms with Gasteiger partial charge in [0.25, 0.3) is 10.0 Å². The van der Waals surface area contributed by atoms with Crippen molar-refractivity contribution >= 4 is 33.2 Å². The molecule has 1 unspecified atom stereocenters. The third kappa shape index (κ3) is 7.50. The summed E-state index contributed by atoms with van der Waals surface area (Å²) in [5, 5.41) is 16.2. The van der Waals surface area contributed by atoms with Crippen LogP contribution in [0.5, 0.6) is 11.5 Å². The fourth-order valence-electron chi connectivity index (χ4n) is 4.07. The first-order valence-electron chi connectivity index (χ1n) is 12.7. The lowest BCUT2D eigenvalue weighted by Crippen LogP contribution is -2.34. The third-order valence-corrected chi connectivity index (χ3v) is 7.59. The number of ether oxygens (including phenoxy) is 2. The van der Waals surface area contributed by atoms with Gasteiger partial charge in [-0.25, -0.2) is 8.42 Å². The molecule has 0 fully saturated rings. The largest absolute Gasteiger partial charge is 0.492 e. The van der Waals surface area contributed by atoms with Crippen LogP contribution in [0.15, 0.2) is 65.6 Å². The van der Waals surface area contributed by atoms with Crippen molar-refractivity contribution in [3.8, 4) is 11.5 Å². The van der Waals surface area contributed by atoms with E-state index < -0.39 is 22.0 Å². The molecule has 12 heteroatoms. The summed E-state index contributed by atoms with van der Waals surface area (Å²) in [4.78, 5) is 23.4. The molecule has 0 aromatic heterocycles. The summed E-state index contributed by atoms with van der Waals surface area (Å²) < 4.78 is 39.9. The highest BCUT2D eigenvalue weighted by Gasteiger charge is 2.25. The van der Waals surface area contributed by atoms with Crippen LogP contribution in [0.3, 0.4) is 0 Å². The molecule has 1 aliphatic heterocycles. The van der Waals surface area contributed by atoms with Crippen molar-refractivity contribution in [1.29, 1.82) is 0 Å². The summed E-state index contributed by atoms with van der Waals surface area (Å²) in [6.07, 6.45) is -0.237. The van der Waals surface area contributed by atoms with Gasteiger partial charge in [0.2, 0.25) is 11.8 Å². The number of anilines is 2. The number of carbonyl (C=O) groups excluding carboxylic acids is 2. The Bertz CT molecular complexity index is 1460. The van der Waals surface area contributed by atoms with Crippen molar-refractivity contribution in [1.82, 2.24) is 5.32 Å². The molecule has 3 aromatic carbocycles. The van der Waals surface area contributed by atoms with Crippen LogP contribution < -0.4 is 30.6 Å². The van der Waals surface area contributed by atoms with Crippen LogP contribution in [0, 0.1) is 6.92 Å². The van der Waals surface area contributed by atoms with Crippen LogP contribution in [0.25, 0.3) is 0 Å². The number of amides is 2. The number of aliphatic hydroxyl groups is 1. The molecule has 0 saturated carbocycles. The Labute approximate surface area is 232 Å². The lowest BCUT2D eigenvalue weighted by Gasteiger charge is -2.24. The Kier molecular flexibility index (Phi) is 9.25. The highest BCUT2D eigenvalue weighted by Crippen LogP contribution is 2.38. The van der Waals surface area contributed by atoms with Crippen molar-refractivity contribution in [3.05, 3.63) is 77.4 Å². The second-order valence-electron chi connectivity index (χ2n) is 9.34. The molecule has 11 nitrogen and oxygen atoms in total. The van der Waals surface area contributed by atoms with Gasteiger partial charge in [-0.2, -0.15) is 0 Å². The van der Waals surface area contributed by atoms with Gasteiger partial charge < -0.3 is 30.9 Å². The second kappa shape index (κ2) is 12.8. The van der Waals surface area contributed by atoms with E-state index in [0.717, 1.165) is 5.56 Å². The molecule has 0 bridgehead atoms. The van der Waals surface area contributed by atoms with Crippen LogP contribution in [0.4, 0.5) is 11.4 Å². The Morgan fingerprint density at radius 1 is 1.05 bits per heavy atom. The SMILES string of the molecule is Cc1ccc(S(=O)(=O)Nc2ccc(OCC(O)CNCCOc3ccc(C(N)=O)cc3)c3c2NC(=O)CC3)cc1. The maximum atomic E-state index is 12.9. The number of benzene rings is 3. The molecule has 0 saturated heterocycles. The van der Waals surface area contributed by atoms with Gasteiger partial charge >= 0.3 is 0 Å². The van der Waals surface area contributed by atoms with Gasteiger partial charge in [-0.3, -0.25) is 14.3 Å².